The fourth-order valence-electron chi connectivity index (χ4n) is 1.97. The van der Waals surface area contributed by atoms with E-state index in [1.165, 1.54) is 6.08 Å². The molecule has 2 rings (SSSR count). The number of hydrogen-bond donors (Lipinski definition) is 1. The van der Waals surface area contributed by atoms with Crippen LogP contribution in [0.1, 0.15) is 15.9 Å². The average molecular weight is 309 g/mol. The first kappa shape index (κ1) is 16.4. The normalized spacial score (nSPS) is 10.5. The summed E-state index contributed by atoms with van der Waals surface area (Å²) in [6, 6.07) is 12.3. The number of nitrogens with two attached hydrogens (primary N) is 1. The van der Waals surface area contributed by atoms with Gasteiger partial charge in [-0.25, -0.2) is 0 Å². The number of hydrogen-bond acceptors (Lipinski definition) is 4. The molecule has 0 unspecified atom stereocenters. The van der Waals surface area contributed by atoms with E-state index < -0.39 is 0 Å². The van der Waals surface area contributed by atoms with Crippen LogP contribution in [0, 0.1) is 0 Å². The summed E-state index contributed by atoms with van der Waals surface area (Å²) < 4.78 is 10.8. The molecule has 4 heteroatoms. The molecule has 23 heavy (non-hydrogen) atoms. The summed E-state index contributed by atoms with van der Waals surface area (Å²) in [5.74, 6) is 1.15. The molecule has 0 amide bonds. The Morgan fingerprint density at radius 1 is 1.17 bits per heavy atom. The Labute approximate surface area is 135 Å². The van der Waals surface area contributed by atoms with E-state index in [1.807, 2.05) is 12.1 Å². The lowest BCUT2D eigenvalue weighted by atomic mass is 10.1. The van der Waals surface area contributed by atoms with Gasteiger partial charge in [-0.05, 0) is 48.0 Å². The van der Waals surface area contributed by atoms with Crippen molar-refractivity contribution in [2.24, 2.45) is 0 Å². The number of ether oxygens (including phenoxy) is 2. The van der Waals surface area contributed by atoms with Crippen molar-refractivity contribution in [2.75, 3.05) is 19.5 Å². The predicted molar refractivity (Wildman–Crippen MR) is 92.9 cm³/mol. The Balaban J connectivity index is 2.14. The minimum absolute atomic E-state index is 0.0871. The number of carbonyl (C=O) groups excluding carboxylic acids is 1. The summed E-state index contributed by atoms with van der Waals surface area (Å²) in [7, 11) is 1.57. The molecule has 2 aromatic rings. The van der Waals surface area contributed by atoms with Crippen LogP contribution < -0.4 is 15.2 Å². The van der Waals surface area contributed by atoms with Crippen molar-refractivity contribution < 1.29 is 14.3 Å². The number of anilines is 1. The van der Waals surface area contributed by atoms with Crippen molar-refractivity contribution in [3.63, 3.8) is 0 Å². The van der Waals surface area contributed by atoms with Crippen molar-refractivity contribution >= 4 is 17.5 Å². The number of rotatable bonds is 7. The molecule has 0 saturated heterocycles. The van der Waals surface area contributed by atoms with Crippen molar-refractivity contribution in [1.82, 2.24) is 0 Å². The predicted octanol–water partition coefficient (Wildman–Crippen LogP) is 3.74. The van der Waals surface area contributed by atoms with E-state index in [1.54, 1.807) is 49.6 Å². The van der Waals surface area contributed by atoms with Crippen LogP contribution >= 0.6 is 0 Å². The third-order valence-electron chi connectivity index (χ3n) is 3.17. The maximum Gasteiger partial charge on any atom is 0.185 e. The maximum absolute atomic E-state index is 12.1. The molecule has 0 heterocycles. The van der Waals surface area contributed by atoms with Crippen LogP contribution in [0.25, 0.3) is 6.08 Å². The summed E-state index contributed by atoms with van der Waals surface area (Å²) in [6.45, 7) is 4.01. The number of methoxy groups -OCH3 is 1. The summed E-state index contributed by atoms with van der Waals surface area (Å²) in [4.78, 5) is 12.1. The summed E-state index contributed by atoms with van der Waals surface area (Å²) >= 11 is 0. The second-order valence-electron chi connectivity index (χ2n) is 4.83. The Bertz CT molecular complexity index is 718. The highest BCUT2D eigenvalue weighted by molar-refractivity contribution is 6.06. The fraction of sp³-hybridized carbons (Fsp3) is 0.105. The molecule has 0 fully saturated rings. The van der Waals surface area contributed by atoms with Crippen LogP contribution in [0.2, 0.25) is 0 Å². The lowest BCUT2D eigenvalue weighted by Gasteiger charge is -2.09. The largest absolute Gasteiger partial charge is 0.493 e. The summed E-state index contributed by atoms with van der Waals surface area (Å²) in [5.41, 5.74) is 7.68. The number of nitrogen functional groups attached to an aromatic ring is 1. The van der Waals surface area contributed by atoms with Crippen LogP contribution in [0.3, 0.4) is 0 Å². The third kappa shape index (κ3) is 4.48. The second-order valence-corrected chi connectivity index (χ2v) is 4.83. The zero-order valence-electron chi connectivity index (χ0n) is 13.0. The molecule has 4 nitrogen and oxygen atoms in total. The Hall–Kier alpha value is -3.01. The molecule has 118 valence electrons. The quantitative estimate of drug-likeness (QED) is 0.366. The molecule has 0 radical (unpaired) electrons. The Morgan fingerprint density at radius 3 is 2.57 bits per heavy atom. The molecule has 2 N–H and O–H groups in total. The van der Waals surface area contributed by atoms with E-state index >= 15 is 0 Å². The topological polar surface area (TPSA) is 61.5 Å². The molecule has 2 aromatic carbocycles. The number of benzene rings is 2. The standard InChI is InChI=1S/C19H19NO3/c1-3-12-23-18-11-5-14(13-19(18)22-2)4-10-17(21)15-6-8-16(20)9-7-15/h3-11,13H,1,12,20H2,2H3/b10-4+. The molecule has 0 spiro atoms. The Morgan fingerprint density at radius 2 is 1.91 bits per heavy atom. The molecular weight excluding hydrogens is 290 g/mol. The monoisotopic (exact) mass is 309 g/mol. The zero-order chi connectivity index (χ0) is 16.7. The number of ketones is 1. The smallest absolute Gasteiger partial charge is 0.185 e. The minimum Gasteiger partial charge on any atom is -0.493 e. The lowest BCUT2D eigenvalue weighted by Crippen LogP contribution is -1.97. The van der Waals surface area contributed by atoms with Gasteiger partial charge >= 0.3 is 0 Å². The van der Waals surface area contributed by atoms with Gasteiger partial charge in [-0.2, -0.15) is 0 Å². The molecule has 0 aromatic heterocycles. The van der Waals surface area contributed by atoms with Gasteiger partial charge < -0.3 is 15.2 Å². The van der Waals surface area contributed by atoms with Gasteiger partial charge in [-0.1, -0.05) is 24.8 Å². The molecule has 0 aliphatic rings. The van der Waals surface area contributed by atoms with Gasteiger partial charge in [0.15, 0.2) is 17.3 Å². The van der Waals surface area contributed by atoms with Crippen molar-refractivity contribution in [3.8, 4) is 11.5 Å². The van der Waals surface area contributed by atoms with E-state index in [4.69, 9.17) is 15.2 Å². The SMILES string of the molecule is C=CCOc1ccc(/C=C/C(=O)c2ccc(N)cc2)cc1OC. The van der Waals surface area contributed by atoms with E-state index in [2.05, 4.69) is 6.58 Å². The molecule has 0 bridgehead atoms. The van der Waals surface area contributed by atoms with E-state index in [0.29, 0.717) is 29.4 Å². The second kappa shape index (κ2) is 7.84. The van der Waals surface area contributed by atoms with Crippen molar-refractivity contribution in [3.05, 3.63) is 72.3 Å². The van der Waals surface area contributed by atoms with E-state index in [-0.39, 0.29) is 5.78 Å². The highest BCUT2D eigenvalue weighted by atomic mass is 16.5. The Kier molecular flexibility index (Phi) is 5.58. The number of allylic oxidation sites excluding steroid dienone is 1. The minimum atomic E-state index is -0.0871. The summed E-state index contributed by atoms with van der Waals surface area (Å²) in [5, 5.41) is 0. The first-order valence-electron chi connectivity index (χ1n) is 7.13. The van der Waals surface area contributed by atoms with E-state index in [9.17, 15) is 4.79 Å². The van der Waals surface area contributed by atoms with Gasteiger partial charge in [0.2, 0.25) is 0 Å². The van der Waals surface area contributed by atoms with E-state index in [0.717, 1.165) is 5.56 Å². The highest BCUT2D eigenvalue weighted by Gasteiger charge is 2.05. The van der Waals surface area contributed by atoms with Gasteiger partial charge in [0.25, 0.3) is 0 Å². The van der Waals surface area contributed by atoms with Crippen LogP contribution in [0.4, 0.5) is 5.69 Å². The zero-order valence-corrected chi connectivity index (χ0v) is 13.0. The van der Waals surface area contributed by atoms with Crippen LogP contribution in [-0.2, 0) is 0 Å². The number of carbonyl (C=O) groups is 1. The molecule has 0 aliphatic heterocycles. The highest BCUT2D eigenvalue weighted by Crippen LogP contribution is 2.28. The van der Waals surface area contributed by atoms with Gasteiger partial charge in [-0.15, -0.1) is 0 Å². The lowest BCUT2D eigenvalue weighted by molar-refractivity contribution is 0.104. The van der Waals surface area contributed by atoms with Crippen molar-refractivity contribution in [1.29, 1.82) is 0 Å². The van der Waals surface area contributed by atoms with Gasteiger partial charge in [0, 0.05) is 11.3 Å². The molecular formula is C19H19NO3. The first-order valence-corrected chi connectivity index (χ1v) is 7.13. The average Bonchev–Trinajstić information content (AvgIpc) is 2.58. The van der Waals surface area contributed by atoms with Gasteiger partial charge in [-0.3, -0.25) is 4.79 Å². The fourth-order valence-corrected chi connectivity index (χ4v) is 1.97. The van der Waals surface area contributed by atoms with Crippen molar-refractivity contribution in [2.45, 2.75) is 0 Å². The van der Waals surface area contributed by atoms with Crippen LogP contribution in [-0.4, -0.2) is 19.5 Å². The third-order valence-corrected chi connectivity index (χ3v) is 3.17. The molecule has 0 aliphatic carbocycles. The maximum atomic E-state index is 12.1. The van der Waals surface area contributed by atoms with Crippen LogP contribution in [0.15, 0.2) is 61.2 Å². The van der Waals surface area contributed by atoms with Gasteiger partial charge in [0.05, 0.1) is 7.11 Å². The first-order chi connectivity index (χ1) is 11.1. The van der Waals surface area contributed by atoms with Gasteiger partial charge in [0.1, 0.15) is 6.61 Å². The summed E-state index contributed by atoms with van der Waals surface area (Å²) in [6.07, 6.45) is 4.92. The molecule has 0 saturated carbocycles. The van der Waals surface area contributed by atoms with Crippen LogP contribution in [0.5, 0.6) is 11.5 Å². The molecule has 0 atom stereocenters.